The molecule has 120 valence electrons. The minimum atomic E-state index is 0.165. The minimum Gasteiger partial charge on any atom is -0.192 e. The standard InChI is InChI=1S/C22H27N/c1-21(2,3)19-12-18(13-20(14-19)22(4,5)6)11-16-8-7-9-17(10-16)15-23/h7-13H,14H2,1-6H3. The van der Waals surface area contributed by atoms with Crippen LogP contribution in [0, 0.1) is 22.2 Å². The van der Waals surface area contributed by atoms with Gasteiger partial charge in [-0.25, -0.2) is 0 Å². The van der Waals surface area contributed by atoms with Gasteiger partial charge in [-0.15, -0.1) is 0 Å². The maximum Gasteiger partial charge on any atom is 0.0991 e. The fourth-order valence-corrected chi connectivity index (χ4v) is 2.69. The summed E-state index contributed by atoms with van der Waals surface area (Å²) in [6.07, 6.45) is 7.85. The minimum absolute atomic E-state index is 0.165. The maximum atomic E-state index is 9.07. The summed E-state index contributed by atoms with van der Waals surface area (Å²) in [5.41, 5.74) is 6.27. The van der Waals surface area contributed by atoms with Gasteiger partial charge in [0.2, 0.25) is 0 Å². The van der Waals surface area contributed by atoms with Crippen LogP contribution in [0.5, 0.6) is 0 Å². The van der Waals surface area contributed by atoms with E-state index in [1.54, 1.807) is 0 Å². The van der Waals surface area contributed by atoms with Crippen LogP contribution in [0.25, 0.3) is 6.08 Å². The van der Waals surface area contributed by atoms with E-state index in [1.165, 1.54) is 16.7 Å². The second kappa shape index (κ2) is 6.20. The molecule has 0 radical (unpaired) electrons. The van der Waals surface area contributed by atoms with E-state index in [-0.39, 0.29) is 10.8 Å². The summed E-state index contributed by atoms with van der Waals surface area (Å²) >= 11 is 0. The van der Waals surface area contributed by atoms with Crippen LogP contribution in [0.3, 0.4) is 0 Å². The highest BCUT2D eigenvalue weighted by Crippen LogP contribution is 2.41. The smallest absolute Gasteiger partial charge is 0.0991 e. The van der Waals surface area contributed by atoms with Crippen LogP contribution in [0.4, 0.5) is 0 Å². The van der Waals surface area contributed by atoms with E-state index < -0.39 is 0 Å². The zero-order chi connectivity index (χ0) is 17.3. The summed E-state index contributed by atoms with van der Waals surface area (Å²) in [4.78, 5) is 0. The molecular weight excluding hydrogens is 278 g/mol. The van der Waals surface area contributed by atoms with Gasteiger partial charge in [0.15, 0.2) is 0 Å². The Bertz CT molecular complexity index is 690. The SMILES string of the molecule is CC(C)(C)C1=CC(=Cc2cccc(C#N)c2)C=C(C(C)(C)C)C1. The molecule has 0 heterocycles. The fraction of sp³-hybridized carbons (Fsp3) is 0.409. The number of rotatable bonds is 1. The monoisotopic (exact) mass is 305 g/mol. The van der Waals surface area contributed by atoms with Gasteiger partial charge in [-0.1, -0.05) is 77.0 Å². The third kappa shape index (κ3) is 4.45. The Hall–Kier alpha value is -2.07. The lowest BCUT2D eigenvalue weighted by atomic mass is 9.72. The molecule has 0 spiro atoms. The van der Waals surface area contributed by atoms with Gasteiger partial charge >= 0.3 is 0 Å². The van der Waals surface area contributed by atoms with Crippen LogP contribution >= 0.6 is 0 Å². The van der Waals surface area contributed by atoms with Gasteiger partial charge in [0.25, 0.3) is 0 Å². The van der Waals surface area contributed by atoms with Crippen molar-refractivity contribution in [3.05, 3.63) is 64.3 Å². The first kappa shape index (κ1) is 17.3. The van der Waals surface area contributed by atoms with Crippen LogP contribution in [0.1, 0.15) is 59.1 Å². The second-order valence-electron chi connectivity index (χ2n) is 8.40. The van der Waals surface area contributed by atoms with Gasteiger partial charge in [0, 0.05) is 0 Å². The Morgan fingerprint density at radius 1 is 0.957 bits per heavy atom. The molecule has 0 bridgehead atoms. The summed E-state index contributed by atoms with van der Waals surface area (Å²) in [6, 6.07) is 9.99. The Labute approximate surface area is 141 Å². The highest BCUT2D eigenvalue weighted by molar-refractivity contribution is 5.63. The van der Waals surface area contributed by atoms with Crippen molar-refractivity contribution < 1.29 is 0 Å². The van der Waals surface area contributed by atoms with Crippen molar-refractivity contribution in [3.63, 3.8) is 0 Å². The first-order valence-electron chi connectivity index (χ1n) is 8.23. The largest absolute Gasteiger partial charge is 0.192 e. The summed E-state index contributed by atoms with van der Waals surface area (Å²) in [7, 11) is 0. The summed E-state index contributed by atoms with van der Waals surface area (Å²) in [5, 5.41) is 9.07. The van der Waals surface area contributed by atoms with Crippen molar-refractivity contribution in [2.45, 2.75) is 48.0 Å². The third-order valence-electron chi connectivity index (χ3n) is 4.34. The van der Waals surface area contributed by atoms with Crippen molar-refractivity contribution in [1.82, 2.24) is 0 Å². The summed E-state index contributed by atoms with van der Waals surface area (Å²) in [6.45, 7) is 13.7. The molecule has 0 atom stereocenters. The predicted molar refractivity (Wildman–Crippen MR) is 98.8 cm³/mol. The van der Waals surface area contributed by atoms with Crippen molar-refractivity contribution >= 4 is 6.08 Å². The van der Waals surface area contributed by atoms with E-state index in [1.807, 2.05) is 18.2 Å². The fourth-order valence-electron chi connectivity index (χ4n) is 2.69. The molecule has 1 aromatic rings. The lowest BCUT2D eigenvalue weighted by Crippen LogP contribution is -2.18. The van der Waals surface area contributed by atoms with E-state index >= 15 is 0 Å². The molecule has 0 aromatic heterocycles. The summed E-state index contributed by atoms with van der Waals surface area (Å²) < 4.78 is 0. The van der Waals surface area contributed by atoms with Gasteiger partial charge in [-0.2, -0.15) is 5.26 Å². The number of allylic oxidation sites excluding steroid dienone is 5. The molecule has 1 aliphatic rings. The Morgan fingerprint density at radius 2 is 1.52 bits per heavy atom. The molecule has 0 unspecified atom stereocenters. The number of nitrogens with zero attached hydrogens (tertiary/aromatic N) is 1. The molecular formula is C22H27N. The normalized spacial score (nSPS) is 15.6. The molecule has 0 N–H and O–H groups in total. The Balaban J connectivity index is 2.50. The van der Waals surface area contributed by atoms with Crippen LogP contribution in [0.2, 0.25) is 0 Å². The molecule has 23 heavy (non-hydrogen) atoms. The first-order chi connectivity index (χ1) is 10.6. The first-order valence-corrected chi connectivity index (χ1v) is 8.23. The third-order valence-corrected chi connectivity index (χ3v) is 4.34. The molecule has 0 aliphatic heterocycles. The average Bonchev–Trinajstić information content (AvgIpc) is 2.45. The van der Waals surface area contributed by atoms with Crippen LogP contribution in [-0.4, -0.2) is 0 Å². The summed E-state index contributed by atoms with van der Waals surface area (Å²) in [5.74, 6) is 0. The van der Waals surface area contributed by atoms with Crippen molar-refractivity contribution in [1.29, 1.82) is 5.26 Å². The molecule has 0 saturated carbocycles. The highest BCUT2D eigenvalue weighted by atomic mass is 14.3. The van der Waals surface area contributed by atoms with E-state index in [4.69, 9.17) is 5.26 Å². The van der Waals surface area contributed by atoms with Gasteiger partial charge < -0.3 is 0 Å². The molecule has 1 aliphatic carbocycles. The molecule has 2 rings (SSSR count). The van der Waals surface area contributed by atoms with E-state index in [0.29, 0.717) is 5.56 Å². The number of hydrogen-bond acceptors (Lipinski definition) is 1. The Morgan fingerprint density at radius 3 is 2.00 bits per heavy atom. The van der Waals surface area contributed by atoms with E-state index in [2.05, 4.69) is 71.9 Å². The lowest BCUT2D eigenvalue weighted by molar-refractivity contribution is 0.447. The zero-order valence-electron chi connectivity index (χ0n) is 15.2. The molecule has 0 fully saturated rings. The Kier molecular flexibility index (Phi) is 4.66. The van der Waals surface area contributed by atoms with E-state index in [0.717, 1.165) is 12.0 Å². The predicted octanol–water partition coefficient (Wildman–Crippen LogP) is 6.29. The number of hydrogen-bond donors (Lipinski definition) is 0. The zero-order valence-corrected chi connectivity index (χ0v) is 15.2. The molecule has 0 amide bonds. The van der Waals surface area contributed by atoms with Gasteiger partial charge in [0.05, 0.1) is 11.6 Å². The highest BCUT2D eigenvalue weighted by Gasteiger charge is 2.26. The lowest BCUT2D eigenvalue weighted by Gasteiger charge is -2.33. The number of benzene rings is 1. The average molecular weight is 305 g/mol. The number of nitriles is 1. The van der Waals surface area contributed by atoms with Crippen LogP contribution in [-0.2, 0) is 0 Å². The molecule has 1 aromatic carbocycles. The molecule has 1 heteroatoms. The quantitative estimate of drug-likeness (QED) is 0.598. The molecule has 0 saturated heterocycles. The van der Waals surface area contributed by atoms with Crippen LogP contribution < -0.4 is 0 Å². The van der Waals surface area contributed by atoms with Crippen LogP contribution in [0.15, 0.2) is 53.1 Å². The maximum absolute atomic E-state index is 9.07. The molecule has 1 nitrogen and oxygen atoms in total. The van der Waals surface area contributed by atoms with Gasteiger partial charge in [-0.3, -0.25) is 0 Å². The van der Waals surface area contributed by atoms with Crippen molar-refractivity contribution in [2.75, 3.05) is 0 Å². The topological polar surface area (TPSA) is 23.8 Å². The van der Waals surface area contributed by atoms with Gasteiger partial charge in [-0.05, 0) is 46.6 Å². The van der Waals surface area contributed by atoms with Gasteiger partial charge in [0.1, 0.15) is 0 Å². The van der Waals surface area contributed by atoms with Crippen molar-refractivity contribution in [3.8, 4) is 6.07 Å². The van der Waals surface area contributed by atoms with Crippen molar-refractivity contribution in [2.24, 2.45) is 10.8 Å². The second-order valence-corrected chi connectivity index (χ2v) is 8.40. The van der Waals surface area contributed by atoms with E-state index in [9.17, 15) is 0 Å².